The van der Waals surface area contributed by atoms with E-state index < -0.39 is 24.6 Å². The topological polar surface area (TPSA) is 81.7 Å². The first-order valence-electron chi connectivity index (χ1n) is 6.74. The summed E-state index contributed by atoms with van der Waals surface area (Å²) in [6.07, 6.45) is 0.741. The van der Waals surface area contributed by atoms with Gasteiger partial charge >= 0.3 is 5.97 Å². The van der Waals surface area contributed by atoms with Gasteiger partial charge in [0, 0.05) is 11.3 Å². The molecular formula is C16H19NO5. The van der Waals surface area contributed by atoms with Crippen LogP contribution in [0.5, 0.6) is 0 Å². The van der Waals surface area contributed by atoms with Gasteiger partial charge in [-0.1, -0.05) is 18.2 Å². The molecule has 22 heavy (non-hydrogen) atoms. The molecule has 0 aliphatic heterocycles. The molecule has 0 aromatic heterocycles. The van der Waals surface area contributed by atoms with Crippen molar-refractivity contribution in [3.63, 3.8) is 0 Å². The molecule has 1 unspecified atom stereocenters. The fraction of sp³-hybridized carbons (Fsp3) is 0.312. The van der Waals surface area contributed by atoms with Gasteiger partial charge in [-0.25, -0.2) is 4.79 Å². The lowest BCUT2D eigenvalue weighted by Crippen LogP contribution is -2.28. The van der Waals surface area contributed by atoms with Crippen LogP contribution in [0.15, 0.2) is 36.9 Å². The molecule has 0 saturated carbocycles. The third-order valence-corrected chi connectivity index (χ3v) is 2.69. The Bertz CT molecular complexity index is 567. The minimum absolute atomic E-state index is 0.101. The van der Waals surface area contributed by atoms with Crippen molar-refractivity contribution in [2.45, 2.75) is 20.0 Å². The van der Waals surface area contributed by atoms with Crippen LogP contribution in [0.4, 0.5) is 5.69 Å². The monoisotopic (exact) mass is 305 g/mol. The summed E-state index contributed by atoms with van der Waals surface area (Å²) in [5.41, 5.74) is 0.950. The molecular weight excluding hydrogens is 286 g/mol. The second-order valence-electron chi connectivity index (χ2n) is 4.56. The molecule has 0 bridgehead atoms. The van der Waals surface area contributed by atoms with Crippen molar-refractivity contribution in [1.82, 2.24) is 0 Å². The van der Waals surface area contributed by atoms with Crippen LogP contribution in [0.25, 0.3) is 0 Å². The van der Waals surface area contributed by atoms with Gasteiger partial charge in [0.1, 0.15) is 0 Å². The fourth-order valence-corrected chi connectivity index (χ4v) is 1.55. The standard InChI is InChI=1S/C16H19NO5/c1-4-8-21-12(3)16(20)22-10-15(19)17-14-7-5-6-13(9-14)11(2)18/h4-7,9,12H,1,8,10H2,2-3H3,(H,17,19). The zero-order valence-corrected chi connectivity index (χ0v) is 12.6. The number of nitrogens with one attached hydrogen (secondary N) is 1. The van der Waals surface area contributed by atoms with E-state index in [1.54, 1.807) is 24.3 Å². The fourth-order valence-electron chi connectivity index (χ4n) is 1.55. The van der Waals surface area contributed by atoms with Crippen LogP contribution in [-0.2, 0) is 19.1 Å². The third kappa shape index (κ3) is 5.88. The van der Waals surface area contributed by atoms with Gasteiger partial charge in [-0.15, -0.1) is 6.58 Å². The number of hydrogen-bond donors (Lipinski definition) is 1. The number of esters is 1. The summed E-state index contributed by atoms with van der Waals surface area (Å²) >= 11 is 0. The number of benzene rings is 1. The van der Waals surface area contributed by atoms with Crippen LogP contribution in [0.1, 0.15) is 24.2 Å². The molecule has 0 saturated heterocycles. The van der Waals surface area contributed by atoms with Crippen LogP contribution in [-0.4, -0.2) is 37.0 Å². The summed E-state index contributed by atoms with van der Waals surface area (Å²) in [7, 11) is 0. The number of hydrogen-bond acceptors (Lipinski definition) is 5. The first-order chi connectivity index (χ1) is 10.4. The molecule has 1 rings (SSSR count). The molecule has 118 valence electrons. The molecule has 0 radical (unpaired) electrons. The molecule has 1 aromatic carbocycles. The van der Waals surface area contributed by atoms with Crippen LogP contribution in [0.3, 0.4) is 0 Å². The van der Waals surface area contributed by atoms with Crippen molar-refractivity contribution < 1.29 is 23.9 Å². The Morgan fingerprint density at radius 3 is 2.73 bits per heavy atom. The number of Topliss-reactive ketones (excluding diaryl/α,β-unsaturated/α-hetero) is 1. The summed E-state index contributed by atoms with van der Waals surface area (Å²) in [6.45, 7) is 6.23. The van der Waals surface area contributed by atoms with E-state index in [4.69, 9.17) is 9.47 Å². The molecule has 0 heterocycles. The maximum absolute atomic E-state index is 11.7. The maximum Gasteiger partial charge on any atom is 0.335 e. The zero-order valence-electron chi connectivity index (χ0n) is 12.6. The van der Waals surface area contributed by atoms with E-state index in [0.29, 0.717) is 11.3 Å². The Kier molecular flexibility index (Phi) is 6.98. The minimum Gasteiger partial charge on any atom is -0.454 e. The number of carbonyl (C=O) groups is 3. The smallest absolute Gasteiger partial charge is 0.335 e. The van der Waals surface area contributed by atoms with E-state index in [0.717, 1.165) is 0 Å². The Labute approximate surface area is 129 Å². The van der Waals surface area contributed by atoms with Gasteiger partial charge in [-0.2, -0.15) is 0 Å². The molecule has 1 aromatic rings. The van der Waals surface area contributed by atoms with Crippen molar-refractivity contribution in [2.75, 3.05) is 18.5 Å². The zero-order chi connectivity index (χ0) is 16.5. The molecule has 0 fully saturated rings. The van der Waals surface area contributed by atoms with Gasteiger partial charge in [0.2, 0.25) is 0 Å². The normalized spacial score (nSPS) is 11.4. The van der Waals surface area contributed by atoms with E-state index >= 15 is 0 Å². The second-order valence-corrected chi connectivity index (χ2v) is 4.56. The molecule has 0 spiro atoms. The van der Waals surface area contributed by atoms with Crippen molar-refractivity contribution in [1.29, 1.82) is 0 Å². The maximum atomic E-state index is 11.7. The Morgan fingerprint density at radius 1 is 1.36 bits per heavy atom. The van der Waals surface area contributed by atoms with E-state index in [1.165, 1.54) is 19.9 Å². The SMILES string of the molecule is C=CCOC(C)C(=O)OCC(=O)Nc1cccc(C(C)=O)c1. The molecule has 1 amide bonds. The highest BCUT2D eigenvalue weighted by molar-refractivity contribution is 5.97. The summed E-state index contributed by atoms with van der Waals surface area (Å²) in [4.78, 5) is 34.5. The highest BCUT2D eigenvalue weighted by Gasteiger charge is 2.16. The average molecular weight is 305 g/mol. The van der Waals surface area contributed by atoms with Crippen molar-refractivity contribution in [3.8, 4) is 0 Å². The van der Waals surface area contributed by atoms with Gasteiger partial charge in [0.05, 0.1) is 6.61 Å². The van der Waals surface area contributed by atoms with Crippen LogP contribution in [0, 0.1) is 0 Å². The van der Waals surface area contributed by atoms with Crippen molar-refractivity contribution in [2.24, 2.45) is 0 Å². The summed E-state index contributed by atoms with van der Waals surface area (Å²) < 4.78 is 9.92. The largest absolute Gasteiger partial charge is 0.454 e. The molecule has 1 N–H and O–H groups in total. The first-order valence-corrected chi connectivity index (χ1v) is 6.74. The van der Waals surface area contributed by atoms with Crippen molar-refractivity contribution in [3.05, 3.63) is 42.5 Å². The van der Waals surface area contributed by atoms with Gasteiger partial charge in [0.15, 0.2) is 18.5 Å². The summed E-state index contributed by atoms with van der Waals surface area (Å²) in [5, 5.41) is 2.55. The quantitative estimate of drug-likeness (QED) is 0.451. The Hall–Kier alpha value is -2.47. The highest BCUT2D eigenvalue weighted by Crippen LogP contribution is 2.11. The molecule has 6 nitrogen and oxygen atoms in total. The highest BCUT2D eigenvalue weighted by atomic mass is 16.6. The number of anilines is 1. The minimum atomic E-state index is -0.771. The van der Waals surface area contributed by atoms with Gasteiger partial charge < -0.3 is 14.8 Å². The van der Waals surface area contributed by atoms with Crippen molar-refractivity contribution >= 4 is 23.3 Å². The van der Waals surface area contributed by atoms with E-state index in [9.17, 15) is 14.4 Å². The Morgan fingerprint density at radius 2 is 2.09 bits per heavy atom. The lowest BCUT2D eigenvalue weighted by Gasteiger charge is -2.11. The lowest BCUT2D eigenvalue weighted by atomic mass is 10.1. The lowest BCUT2D eigenvalue weighted by molar-refractivity contribution is -0.157. The van der Waals surface area contributed by atoms with E-state index in [1.807, 2.05) is 0 Å². The Balaban J connectivity index is 2.46. The average Bonchev–Trinajstić information content (AvgIpc) is 2.50. The van der Waals surface area contributed by atoms with Crippen LogP contribution in [0.2, 0.25) is 0 Å². The number of carbonyl (C=O) groups excluding carboxylic acids is 3. The predicted molar refractivity (Wildman–Crippen MR) is 81.6 cm³/mol. The first kappa shape index (κ1) is 17.6. The van der Waals surface area contributed by atoms with Gasteiger partial charge in [-0.3, -0.25) is 9.59 Å². The van der Waals surface area contributed by atoms with Crippen LogP contribution >= 0.6 is 0 Å². The molecule has 1 atom stereocenters. The number of ketones is 1. The number of rotatable bonds is 8. The second kappa shape index (κ2) is 8.74. The van der Waals surface area contributed by atoms with E-state index in [-0.39, 0.29) is 12.4 Å². The van der Waals surface area contributed by atoms with Crippen LogP contribution < -0.4 is 5.32 Å². The molecule has 0 aliphatic rings. The van der Waals surface area contributed by atoms with Gasteiger partial charge in [0.25, 0.3) is 5.91 Å². The number of amides is 1. The number of ether oxygens (including phenoxy) is 2. The summed E-state index contributed by atoms with van der Waals surface area (Å²) in [5.74, 6) is -1.23. The van der Waals surface area contributed by atoms with Gasteiger partial charge in [-0.05, 0) is 26.0 Å². The third-order valence-electron chi connectivity index (χ3n) is 2.69. The predicted octanol–water partition coefficient (Wildman–Crippen LogP) is 1.96. The van der Waals surface area contributed by atoms with E-state index in [2.05, 4.69) is 11.9 Å². The molecule has 6 heteroatoms. The summed E-state index contributed by atoms with van der Waals surface area (Å²) in [6, 6.07) is 6.50. The molecule has 0 aliphatic carbocycles.